The maximum atomic E-state index is 14.2. The Morgan fingerprint density at radius 1 is 1.10 bits per heavy atom. The van der Waals surface area contributed by atoms with Gasteiger partial charge in [0.1, 0.15) is 11.6 Å². The first-order valence-electron chi connectivity index (χ1n) is 7.35. The molecule has 112 valence electrons. The average Bonchev–Trinajstić information content (AvgIpc) is 2.47. The summed E-state index contributed by atoms with van der Waals surface area (Å²) in [6, 6.07) is 13.2. The first kappa shape index (κ1) is 15.5. The van der Waals surface area contributed by atoms with Crippen LogP contribution in [0.2, 0.25) is 0 Å². The third kappa shape index (κ3) is 4.05. The maximum absolute atomic E-state index is 14.2. The molecule has 2 rings (SSSR count). The van der Waals surface area contributed by atoms with E-state index >= 15 is 0 Å². The van der Waals surface area contributed by atoms with Crippen LogP contribution < -0.4 is 10.1 Å². The van der Waals surface area contributed by atoms with Crippen molar-refractivity contribution in [3.63, 3.8) is 0 Å². The predicted molar refractivity (Wildman–Crippen MR) is 85.0 cm³/mol. The van der Waals surface area contributed by atoms with Crippen molar-refractivity contribution in [3.05, 3.63) is 53.8 Å². The number of ether oxygens (including phenoxy) is 1. The maximum Gasteiger partial charge on any atom is 0.131 e. The third-order valence-corrected chi connectivity index (χ3v) is 3.22. The fourth-order valence-corrected chi connectivity index (χ4v) is 2.18. The molecular formula is C18H22FNO. The summed E-state index contributed by atoms with van der Waals surface area (Å²) in [5, 5.41) is 3.35. The van der Waals surface area contributed by atoms with E-state index in [1.54, 1.807) is 0 Å². The number of para-hydroxylation sites is 1. The van der Waals surface area contributed by atoms with Crippen LogP contribution in [0.1, 0.15) is 26.3 Å². The second-order valence-electron chi connectivity index (χ2n) is 5.28. The SMILES string of the molecule is CCOc1ccccc1-c1cc(CNC(C)C)ccc1F. The lowest BCUT2D eigenvalue weighted by molar-refractivity contribution is 0.341. The molecule has 0 unspecified atom stereocenters. The van der Waals surface area contributed by atoms with Gasteiger partial charge in [0.15, 0.2) is 0 Å². The Labute approximate surface area is 126 Å². The van der Waals surface area contributed by atoms with Crippen molar-refractivity contribution in [2.24, 2.45) is 0 Å². The molecule has 0 bridgehead atoms. The van der Waals surface area contributed by atoms with E-state index in [0.29, 0.717) is 24.0 Å². The lowest BCUT2D eigenvalue weighted by Crippen LogP contribution is -2.21. The van der Waals surface area contributed by atoms with Crippen molar-refractivity contribution in [2.45, 2.75) is 33.4 Å². The van der Waals surface area contributed by atoms with E-state index in [9.17, 15) is 4.39 Å². The molecule has 0 aromatic heterocycles. The zero-order valence-corrected chi connectivity index (χ0v) is 12.8. The van der Waals surface area contributed by atoms with Gasteiger partial charge in [0.05, 0.1) is 6.61 Å². The van der Waals surface area contributed by atoms with Gasteiger partial charge in [-0.1, -0.05) is 38.1 Å². The van der Waals surface area contributed by atoms with Crippen LogP contribution >= 0.6 is 0 Å². The summed E-state index contributed by atoms with van der Waals surface area (Å²) in [5.74, 6) is 0.489. The summed E-state index contributed by atoms with van der Waals surface area (Å²) < 4.78 is 19.8. The van der Waals surface area contributed by atoms with Crippen LogP contribution in [0, 0.1) is 5.82 Å². The fourth-order valence-electron chi connectivity index (χ4n) is 2.18. The first-order valence-corrected chi connectivity index (χ1v) is 7.35. The summed E-state index contributed by atoms with van der Waals surface area (Å²) in [4.78, 5) is 0. The standard InChI is InChI=1S/C18H22FNO/c1-4-21-18-8-6-5-7-15(18)16-11-14(9-10-17(16)19)12-20-13(2)3/h5-11,13,20H,4,12H2,1-3H3. The van der Waals surface area contributed by atoms with Crippen molar-refractivity contribution < 1.29 is 9.13 Å². The summed E-state index contributed by atoms with van der Waals surface area (Å²) in [7, 11) is 0. The van der Waals surface area contributed by atoms with E-state index in [1.807, 2.05) is 43.3 Å². The van der Waals surface area contributed by atoms with Crippen molar-refractivity contribution in [2.75, 3.05) is 6.61 Å². The second-order valence-corrected chi connectivity index (χ2v) is 5.28. The van der Waals surface area contributed by atoms with Crippen molar-refractivity contribution >= 4 is 0 Å². The minimum Gasteiger partial charge on any atom is -0.493 e. The number of rotatable bonds is 6. The number of hydrogen-bond donors (Lipinski definition) is 1. The zero-order chi connectivity index (χ0) is 15.2. The number of nitrogens with one attached hydrogen (secondary N) is 1. The van der Waals surface area contributed by atoms with Crippen LogP contribution in [0.4, 0.5) is 4.39 Å². The molecule has 0 atom stereocenters. The molecule has 0 amide bonds. The molecule has 0 fully saturated rings. The van der Waals surface area contributed by atoms with Gasteiger partial charge in [-0.05, 0) is 30.7 Å². The number of hydrogen-bond acceptors (Lipinski definition) is 2. The molecule has 2 aromatic rings. The van der Waals surface area contributed by atoms with Gasteiger partial charge in [0, 0.05) is 23.7 Å². The highest BCUT2D eigenvalue weighted by atomic mass is 19.1. The van der Waals surface area contributed by atoms with Crippen LogP contribution in [0.15, 0.2) is 42.5 Å². The molecule has 3 heteroatoms. The van der Waals surface area contributed by atoms with Gasteiger partial charge in [-0.15, -0.1) is 0 Å². The number of benzene rings is 2. The van der Waals surface area contributed by atoms with Gasteiger partial charge in [0.25, 0.3) is 0 Å². The smallest absolute Gasteiger partial charge is 0.131 e. The molecule has 0 heterocycles. The Hall–Kier alpha value is -1.87. The van der Waals surface area contributed by atoms with Crippen LogP contribution in [-0.2, 0) is 6.54 Å². The normalized spacial score (nSPS) is 10.9. The number of halogens is 1. The van der Waals surface area contributed by atoms with E-state index < -0.39 is 0 Å². The highest BCUT2D eigenvalue weighted by Crippen LogP contribution is 2.32. The third-order valence-electron chi connectivity index (χ3n) is 3.22. The fraction of sp³-hybridized carbons (Fsp3) is 0.333. The van der Waals surface area contributed by atoms with E-state index in [4.69, 9.17) is 4.74 Å². The molecule has 0 aliphatic heterocycles. The van der Waals surface area contributed by atoms with Gasteiger partial charge < -0.3 is 10.1 Å². The Morgan fingerprint density at radius 2 is 1.86 bits per heavy atom. The Morgan fingerprint density at radius 3 is 2.57 bits per heavy atom. The molecule has 0 saturated carbocycles. The zero-order valence-electron chi connectivity index (χ0n) is 12.8. The van der Waals surface area contributed by atoms with E-state index in [1.165, 1.54) is 6.07 Å². The molecule has 0 saturated heterocycles. The van der Waals surface area contributed by atoms with Crippen molar-refractivity contribution in [1.82, 2.24) is 5.32 Å². The minimum atomic E-state index is -0.226. The monoisotopic (exact) mass is 287 g/mol. The molecule has 0 radical (unpaired) electrons. The molecule has 0 aliphatic carbocycles. The van der Waals surface area contributed by atoms with Gasteiger partial charge in [-0.3, -0.25) is 0 Å². The molecule has 0 spiro atoms. The largest absolute Gasteiger partial charge is 0.493 e. The quantitative estimate of drug-likeness (QED) is 0.850. The predicted octanol–water partition coefficient (Wildman–Crippen LogP) is 4.39. The van der Waals surface area contributed by atoms with Gasteiger partial charge in [-0.25, -0.2) is 4.39 Å². The van der Waals surface area contributed by atoms with Gasteiger partial charge in [-0.2, -0.15) is 0 Å². The average molecular weight is 287 g/mol. The highest BCUT2D eigenvalue weighted by Gasteiger charge is 2.11. The second kappa shape index (κ2) is 7.23. The van der Waals surface area contributed by atoms with E-state index in [-0.39, 0.29) is 5.82 Å². The van der Waals surface area contributed by atoms with E-state index in [0.717, 1.165) is 17.7 Å². The summed E-state index contributed by atoms with van der Waals surface area (Å²) >= 11 is 0. The van der Waals surface area contributed by atoms with Crippen LogP contribution in [0.5, 0.6) is 5.75 Å². The molecule has 2 nitrogen and oxygen atoms in total. The Kier molecular flexibility index (Phi) is 5.34. The topological polar surface area (TPSA) is 21.3 Å². The summed E-state index contributed by atoms with van der Waals surface area (Å²) in [5.41, 5.74) is 2.44. The Balaban J connectivity index is 2.36. The van der Waals surface area contributed by atoms with Gasteiger partial charge >= 0.3 is 0 Å². The first-order chi connectivity index (χ1) is 10.1. The summed E-state index contributed by atoms with van der Waals surface area (Å²) in [6.45, 7) is 7.40. The van der Waals surface area contributed by atoms with Crippen LogP contribution in [-0.4, -0.2) is 12.6 Å². The highest BCUT2D eigenvalue weighted by molar-refractivity contribution is 5.71. The molecule has 0 aliphatic rings. The minimum absolute atomic E-state index is 0.226. The van der Waals surface area contributed by atoms with Crippen molar-refractivity contribution in [3.8, 4) is 16.9 Å². The van der Waals surface area contributed by atoms with Gasteiger partial charge in [0.2, 0.25) is 0 Å². The van der Waals surface area contributed by atoms with Crippen molar-refractivity contribution in [1.29, 1.82) is 0 Å². The molecule has 1 N–H and O–H groups in total. The molecular weight excluding hydrogens is 265 g/mol. The van der Waals surface area contributed by atoms with Crippen LogP contribution in [0.3, 0.4) is 0 Å². The molecule has 2 aromatic carbocycles. The van der Waals surface area contributed by atoms with E-state index in [2.05, 4.69) is 19.2 Å². The summed E-state index contributed by atoms with van der Waals surface area (Å²) in [6.07, 6.45) is 0. The Bertz CT molecular complexity index is 596. The lowest BCUT2D eigenvalue weighted by Gasteiger charge is -2.13. The van der Waals surface area contributed by atoms with Crippen LogP contribution in [0.25, 0.3) is 11.1 Å². The lowest BCUT2D eigenvalue weighted by atomic mass is 10.0. The molecule has 21 heavy (non-hydrogen) atoms.